The second-order valence-electron chi connectivity index (χ2n) is 4.30. The molecule has 18 heavy (non-hydrogen) atoms. The Balaban J connectivity index is 2.11. The zero-order chi connectivity index (χ0) is 13.5. The van der Waals surface area contributed by atoms with Crippen LogP contribution < -0.4 is 5.32 Å². The maximum absolute atomic E-state index is 12.0. The Morgan fingerprint density at radius 3 is 2.61 bits per heavy atom. The molecule has 1 N–H and O–H groups in total. The number of nitrogens with zero attached hydrogens (tertiary/aromatic N) is 1. The van der Waals surface area contributed by atoms with Crippen LogP contribution in [0.2, 0.25) is 10.2 Å². The third kappa shape index (κ3) is 2.65. The fourth-order valence-corrected chi connectivity index (χ4v) is 3.98. The second kappa shape index (κ2) is 4.75. The van der Waals surface area contributed by atoms with Crippen molar-refractivity contribution in [3.05, 3.63) is 21.9 Å². The molecule has 1 atom stereocenters. The van der Waals surface area contributed by atoms with E-state index in [4.69, 9.17) is 23.2 Å². The Labute approximate surface area is 115 Å². The van der Waals surface area contributed by atoms with Crippen molar-refractivity contribution in [2.45, 2.75) is 12.5 Å². The van der Waals surface area contributed by atoms with E-state index in [1.807, 2.05) is 0 Å². The van der Waals surface area contributed by atoms with Crippen LogP contribution >= 0.6 is 23.2 Å². The molecule has 1 amide bonds. The van der Waals surface area contributed by atoms with Gasteiger partial charge in [0.1, 0.15) is 10.8 Å². The van der Waals surface area contributed by atoms with Gasteiger partial charge in [0.15, 0.2) is 9.84 Å². The monoisotopic (exact) mass is 310 g/mol. The summed E-state index contributed by atoms with van der Waals surface area (Å²) in [6.45, 7) is 0. The van der Waals surface area contributed by atoms with Crippen LogP contribution in [0.3, 0.4) is 0 Å². The van der Waals surface area contributed by atoms with E-state index in [0.717, 1.165) is 0 Å². The van der Waals surface area contributed by atoms with Crippen LogP contribution in [0.5, 0.6) is 0 Å². The largest absolute Gasteiger partial charge is 0.347 e. The van der Waals surface area contributed by atoms with Crippen molar-refractivity contribution in [1.82, 2.24) is 9.88 Å². The molecule has 1 aromatic heterocycles. The lowest BCUT2D eigenvalue weighted by atomic mass is 10.2. The minimum absolute atomic E-state index is 0.00930. The number of nitrogens with one attached hydrogen (secondary N) is 1. The van der Waals surface area contributed by atoms with E-state index in [1.54, 1.807) is 7.05 Å². The van der Waals surface area contributed by atoms with E-state index in [2.05, 4.69) is 5.32 Å². The molecule has 0 bridgehead atoms. The van der Waals surface area contributed by atoms with Gasteiger partial charge in [0.05, 0.1) is 16.5 Å². The first-order valence-electron chi connectivity index (χ1n) is 5.32. The summed E-state index contributed by atoms with van der Waals surface area (Å²) >= 11 is 11.7. The summed E-state index contributed by atoms with van der Waals surface area (Å²) < 4.78 is 24.0. The quantitative estimate of drug-likeness (QED) is 0.894. The first kappa shape index (κ1) is 13.7. The number of amides is 1. The molecule has 2 heterocycles. The molecule has 0 aliphatic carbocycles. The first-order chi connectivity index (χ1) is 8.30. The number of hydrogen-bond donors (Lipinski definition) is 1. The van der Waals surface area contributed by atoms with Gasteiger partial charge < -0.3 is 9.88 Å². The molecule has 100 valence electrons. The van der Waals surface area contributed by atoms with Crippen LogP contribution in [-0.2, 0) is 16.9 Å². The van der Waals surface area contributed by atoms with Crippen LogP contribution in [0.15, 0.2) is 6.07 Å². The lowest BCUT2D eigenvalue weighted by Crippen LogP contribution is -2.36. The van der Waals surface area contributed by atoms with Gasteiger partial charge in [-0.1, -0.05) is 23.2 Å². The van der Waals surface area contributed by atoms with E-state index < -0.39 is 9.84 Å². The van der Waals surface area contributed by atoms with Gasteiger partial charge in [-0.25, -0.2) is 8.42 Å². The van der Waals surface area contributed by atoms with E-state index in [9.17, 15) is 13.2 Å². The number of hydrogen-bond acceptors (Lipinski definition) is 3. The smallest absolute Gasteiger partial charge is 0.268 e. The topological polar surface area (TPSA) is 68.2 Å². The highest BCUT2D eigenvalue weighted by atomic mass is 35.5. The van der Waals surface area contributed by atoms with E-state index in [0.29, 0.717) is 17.1 Å². The fraction of sp³-hybridized carbons (Fsp3) is 0.500. The molecule has 0 saturated carbocycles. The zero-order valence-corrected chi connectivity index (χ0v) is 11.9. The molecule has 1 fully saturated rings. The third-order valence-electron chi connectivity index (χ3n) is 2.92. The predicted molar refractivity (Wildman–Crippen MR) is 70.0 cm³/mol. The van der Waals surface area contributed by atoms with Crippen molar-refractivity contribution in [2.24, 2.45) is 7.05 Å². The third-order valence-corrected chi connectivity index (χ3v) is 5.53. The molecule has 1 aromatic rings. The minimum Gasteiger partial charge on any atom is -0.347 e. The molecule has 1 aliphatic rings. The first-order valence-corrected chi connectivity index (χ1v) is 7.90. The SMILES string of the molecule is Cn1c(C(=O)N[C@H]2CCS(=O)(=O)C2)cc(Cl)c1Cl. The highest BCUT2D eigenvalue weighted by molar-refractivity contribution is 7.91. The summed E-state index contributed by atoms with van der Waals surface area (Å²) in [5, 5.41) is 3.25. The highest BCUT2D eigenvalue weighted by Crippen LogP contribution is 2.25. The zero-order valence-electron chi connectivity index (χ0n) is 9.61. The van der Waals surface area contributed by atoms with Gasteiger partial charge in [0, 0.05) is 13.1 Å². The summed E-state index contributed by atoms with van der Waals surface area (Å²) in [4.78, 5) is 12.0. The molecule has 2 rings (SSSR count). The average molecular weight is 311 g/mol. The van der Waals surface area contributed by atoms with E-state index >= 15 is 0 Å². The number of carbonyl (C=O) groups excluding carboxylic acids is 1. The lowest BCUT2D eigenvalue weighted by molar-refractivity contribution is 0.0933. The van der Waals surface area contributed by atoms with Crippen molar-refractivity contribution in [2.75, 3.05) is 11.5 Å². The maximum atomic E-state index is 12.0. The fourth-order valence-electron chi connectivity index (χ4n) is 1.93. The van der Waals surface area contributed by atoms with Gasteiger partial charge >= 0.3 is 0 Å². The van der Waals surface area contributed by atoms with Crippen LogP contribution in [0.25, 0.3) is 0 Å². The molecule has 1 aliphatic heterocycles. The van der Waals surface area contributed by atoms with E-state index in [1.165, 1.54) is 10.6 Å². The van der Waals surface area contributed by atoms with Crippen molar-refractivity contribution in [3.8, 4) is 0 Å². The van der Waals surface area contributed by atoms with Crippen LogP contribution in [-0.4, -0.2) is 36.4 Å². The highest BCUT2D eigenvalue weighted by Gasteiger charge is 2.29. The normalized spacial score (nSPS) is 22.1. The second-order valence-corrected chi connectivity index (χ2v) is 7.29. The van der Waals surface area contributed by atoms with E-state index in [-0.39, 0.29) is 28.6 Å². The summed E-state index contributed by atoms with van der Waals surface area (Å²) in [5.41, 5.74) is 0.314. The molecule has 0 unspecified atom stereocenters. The summed E-state index contributed by atoms with van der Waals surface area (Å²) in [7, 11) is -1.39. The molecule has 8 heteroatoms. The summed E-state index contributed by atoms with van der Waals surface area (Å²) in [6, 6.07) is 1.12. The van der Waals surface area contributed by atoms with Gasteiger partial charge in [-0.15, -0.1) is 0 Å². The van der Waals surface area contributed by atoms with Crippen molar-refractivity contribution >= 4 is 38.9 Å². The number of carbonyl (C=O) groups is 1. The Bertz CT molecular complexity index is 595. The Morgan fingerprint density at radius 1 is 1.50 bits per heavy atom. The molecule has 0 aromatic carbocycles. The van der Waals surface area contributed by atoms with Crippen LogP contribution in [0, 0.1) is 0 Å². The lowest BCUT2D eigenvalue weighted by Gasteiger charge is -2.11. The molecule has 5 nitrogen and oxygen atoms in total. The molecule has 0 radical (unpaired) electrons. The van der Waals surface area contributed by atoms with Crippen molar-refractivity contribution in [3.63, 3.8) is 0 Å². The molecule has 0 spiro atoms. The number of aromatic nitrogens is 1. The predicted octanol–water partition coefficient (Wildman–Crippen LogP) is 1.25. The van der Waals surface area contributed by atoms with Gasteiger partial charge in [0.25, 0.3) is 5.91 Å². The molecular formula is C10H12Cl2N2O3S. The molecule has 1 saturated heterocycles. The van der Waals surface area contributed by atoms with Crippen molar-refractivity contribution in [1.29, 1.82) is 0 Å². The Morgan fingerprint density at radius 2 is 2.17 bits per heavy atom. The standard InChI is InChI=1S/C10H12Cl2N2O3S/c1-14-8(4-7(11)9(14)12)10(15)13-6-2-3-18(16,17)5-6/h4,6H,2-3,5H2,1H3,(H,13,15)/t6-/m0/s1. The summed E-state index contributed by atoms with van der Waals surface area (Å²) in [6.07, 6.45) is 0.444. The maximum Gasteiger partial charge on any atom is 0.268 e. The molecular weight excluding hydrogens is 299 g/mol. The Hall–Kier alpha value is -0.720. The van der Waals surface area contributed by atoms with Crippen LogP contribution in [0.1, 0.15) is 16.9 Å². The minimum atomic E-state index is -3.01. The van der Waals surface area contributed by atoms with Crippen molar-refractivity contribution < 1.29 is 13.2 Å². The Kier molecular flexibility index (Phi) is 3.62. The van der Waals surface area contributed by atoms with Gasteiger partial charge in [-0.3, -0.25) is 4.79 Å². The number of rotatable bonds is 2. The van der Waals surface area contributed by atoms with Gasteiger partial charge in [-0.2, -0.15) is 0 Å². The number of halogens is 2. The average Bonchev–Trinajstić information content (AvgIpc) is 2.73. The van der Waals surface area contributed by atoms with Crippen LogP contribution in [0.4, 0.5) is 0 Å². The van der Waals surface area contributed by atoms with Gasteiger partial charge in [0.2, 0.25) is 0 Å². The van der Waals surface area contributed by atoms with Gasteiger partial charge in [-0.05, 0) is 12.5 Å². The number of sulfone groups is 1. The summed E-state index contributed by atoms with van der Waals surface area (Å²) in [5.74, 6) is -0.259.